The molecule has 218 valence electrons. The van der Waals surface area contributed by atoms with Gasteiger partial charge >= 0.3 is 18.4 Å². The number of rotatable bonds is 12. The molecule has 1 aliphatic heterocycles. The summed E-state index contributed by atoms with van der Waals surface area (Å²) in [5, 5.41) is 8.84. The maximum Gasteiger partial charge on any atom is 0.586 e. The number of fused-ring (bicyclic) bond motifs is 1. The van der Waals surface area contributed by atoms with Crippen molar-refractivity contribution < 1.29 is 50.5 Å². The molecule has 1 aromatic heterocycles. The molecule has 0 bridgehead atoms. The molecule has 0 aliphatic carbocycles. The lowest BCUT2D eigenvalue weighted by atomic mass is 10.1. The molecule has 2 heterocycles. The minimum Gasteiger partial charge on any atom is -0.457 e. The van der Waals surface area contributed by atoms with Gasteiger partial charge in [-0.1, -0.05) is 12.1 Å². The Bertz CT molecular complexity index is 1390. The second kappa shape index (κ2) is 12.7. The number of hydrogen-bond acceptors (Lipinski definition) is 9. The third kappa shape index (κ3) is 8.41. The summed E-state index contributed by atoms with van der Waals surface area (Å²) in [5.41, 5.74) is 1.87. The molecule has 0 radical (unpaired) electrons. The zero-order chi connectivity index (χ0) is 29.5. The van der Waals surface area contributed by atoms with Crippen molar-refractivity contribution in [1.82, 2.24) is 4.98 Å². The third-order valence-corrected chi connectivity index (χ3v) is 5.38. The summed E-state index contributed by atoms with van der Waals surface area (Å²) in [4.78, 5) is 27.7. The second-order valence-corrected chi connectivity index (χ2v) is 8.40. The first kappa shape index (κ1) is 29.3. The molecule has 0 saturated carbocycles. The van der Waals surface area contributed by atoms with Gasteiger partial charge in [0, 0.05) is 36.7 Å². The van der Waals surface area contributed by atoms with Crippen molar-refractivity contribution in [2.45, 2.75) is 19.0 Å². The number of pyridine rings is 1. The van der Waals surface area contributed by atoms with E-state index in [0.29, 0.717) is 23.6 Å². The van der Waals surface area contributed by atoms with Crippen LogP contribution in [0, 0.1) is 0 Å². The van der Waals surface area contributed by atoms with Crippen molar-refractivity contribution in [1.29, 1.82) is 0 Å². The molecule has 0 saturated heterocycles. The summed E-state index contributed by atoms with van der Waals surface area (Å²) in [6.45, 7) is 0.0205. The smallest absolute Gasteiger partial charge is 0.457 e. The van der Waals surface area contributed by atoms with Crippen LogP contribution in [0.1, 0.15) is 15.9 Å². The van der Waals surface area contributed by atoms with Crippen LogP contribution in [-0.2, 0) is 20.8 Å². The van der Waals surface area contributed by atoms with Gasteiger partial charge in [0.2, 0.25) is 0 Å². The van der Waals surface area contributed by atoms with Crippen LogP contribution in [-0.4, -0.2) is 55.7 Å². The fourth-order valence-corrected chi connectivity index (χ4v) is 3.57. The fourth-order valence-electron chi connectivity index (χ4n) is 3.57. The monoisotopic (exact) mass is 582 g/mol. The van der Waals surface area contributed by atoms with Crippen molar-refractivity contribution >= 4 is 29.1 Å². The average molecular weight is 582 g/mol. The van der Waals surface area contributed by atoms with Gasteiger partial charge in [-0.15, -0.1) is 8.78 Å². The summed E-state index contributed by atoms with van der Waals surface area (Å²) < 4.78 is 80.7. The number of alkyl halides is 5. The molecule has 0 unspecified atom stereocenters. The van der Waals surface area contributed by atoms with Gasteiger partial charge in [-0.25, -0.2) is 9.78 Å². The van der Waals surface area contributed by atoms with E-state index in [9.17, 15) is 31.5 Å². The first-order valence-corrected chi connectivity index (χ1v) is 12.0. The second-order valence-electron chi connectivity index (χ2n) is 8.40. The standard InChI is InChI=1S/C26H23F5N4O6/c27-25(28,29)24(37)39-12-11-38-10-9-33-22-13-16(7-8-32-22)15-34-19-4-2-1-3-18(19)23(36)35-17-5-6-20-21(14-17)41-26(30,31)40-20/h1-8,13-14,34H,9-12,15H2,(H,32,33)(H,35,36). The van der Waals surface area contributed by atoms with Crippen LogP contribution in [0.4, 0.5) is 39.1 Å². The van der Waals surface area contributed by atoms with Gasteiger partial charge in [0.1, 0.15) is 12.4 Å². The number of para-hydroxylation sites is 1. The minimum atomic E-state index is -5.04. The van der Waals surface area contributed by atoms with Crippen LogP contribution in [0.3, 0.4) is 0 Å². The van der Waals surface area contributed by atoms with E-state index in [1.807, 2.05) is 0 Å². The van der Waals surface area contributed by atoms with Crippen LogP contribution in [0.25, 0.3) is 0 Å². The number of hydrogen-bond donors (Lipinski definition) is 3. The van der Waals surface area contributed by atoms with Gasteiger partial charge in [-0.2, -0.15) is 13.2 Å². The molecule has 3 aromatic rings. The Morgan fingerprint density at radius 2 is 1.71 bits per heavy atom. The number of nitrogens with zero attached hydrogens (tertiary/aromatic N) is 1. The van der Waals surface area contributed by atoms with E-state index in [0.717, 1.165) is 5.56 Å². The van der Waals surface area contributed by atoms with E-state index in [4.69, 9.17) is 4.74 Å². The van der Waals surface area contributed by atoms with Gasteiger partial charge in [0.25, 0.3) is 5.91 Å². The summed E-state index contributed by atoms with van der Waals surface area (Å²) in [6, 6.07) is 14.2. The third-order valence-electron chi connectivity index (χ3n) is 5.38. The van der Waals surface area contributed by atoms with Crippen LogP contribution < -0.4 is 25.4 Å². The molecule has 1 aliphatic rings. The summed E-state index contributed by atoms with van der Waals surface area (Å²) in [7, 11) is 0. The number of carbonyl (C=O) groups is 2. The Kier molecular flexibility index (Phi) is 9.07. The predicted octanol–water partition coefficient (Wildman–Crippen LogP) is 4.80. The van der Waals surface area contributed by atoms with Crippen molar-refractivity contribution in [3.63, 3.8) is 0 Å². The average Bonchev–Trinajstić information content (AvgIpc) is 3.24. The summed E-state index contributed by atoms with van der Waals surface area (Å²) >= 11 is 0. The van der Waals surface area contributed by atoms with Gasteiger partial charge in [0.05, 0.1) is 18.8 Å². The maximum atomic E-state index is 13.3. The Morgan fingerprint density at radius 3 is 2.51 bits per heavy atom. The number of nitrogens with one attached hydrogen (secondary N) is 3. The molecular weight excluding hydrogens is 559 g/mol. The highest BCUT2D eigenvalue weighted by Gasteiger charge is 2.43. The van der Waals surface area contributed by atoms with Crippen LogP contribution in [0.2, 0.25) is 0 Å². The van der Waals surface area contributed by atoms with Crippen molar-refractivity contribution in [2.24, 2.45) is 0 Å². The molecular formula is C26H23F5N4O6. The number of amides is 1. The Hall–Kier alpha value is -4.66. The predicted molar refractivity (Wildman–Crippen MR) is 135 cm³/mol. The Labute approximate surface area is 229 Å². The molecule has 2 aromatic carbocycles. The van der Waals surface area contributed by atoms with E-state index >= 15 is 0 Å². The number of carbonyl (C=O) groups excluding carboxylic acids is 2. The maximum absolute atomic E-state index is 13.3. The lowest BCUT2D eigenvalue weighted by Gasteiger charge is -2.13. The molecule has 0 atom stereocenters. The molecule has 1 amide bonds. The molecule has 15 heteroatoms. The minimum absolute atomic E-state index is 0.127. The van der Waals surface area contributed by atoms with Crippen LogP contribution in [0.5, 0.6) is 11.5 Å². The van der Waals surface area contributed by atoms with Crippen LogP contribution >= 0.6 is 0 Å². The molecule has 0 spiro atoms. The van der Waals surface area contributed by atoms with Gasteiger partial charge < -0.3 is 34.9 Å². The molecule has 41 heavy (non-hydrogen) atoms. The Morgan fingerprint density at radius 1 is 0.927 bits per heavy atom. The van der Waals surface area contributed by atoms with E-state index in [2.05, 4.69) is 35.1 Å². The van der Waals surface area contributed by atoms with E-state index in [1.165, 1.54) is 18.2 Å². The quantitative estimate of drug-likeness (QED) is 0.157. The van der Waals surface area contributed by atoms with E-state index in [-0.39, 0.29) is 36.9 Å². The largest absolute Gasteiger partial charge is 0.586 e. The number of ether oxygens (including phenoxy) is 4. The number of esters is 1. The number of halogens is 5. The number of benzene rings is 2. The zero-order valence-electron chi connectivity index (χ0n) is 21.1. The topological polar surface area (TPSA) is 120 Å². The van der Waals surface area contributed by atoms with Gasteiger partial charge in [0.15, 0.2) is 11.5 Å². The summed E-state index contributed by atoms with van der Waals surface area (Å²) in [6.07, 6.45) is -7.24. The molecule has 0 fully saturated rings. The van der Waals surface area contributed by atoms with Gasteiger partial charge in [-0.3, -0.25) is 4.79 Å². The normalized spacial score (nSPS) is 13.4. The highest BCUT2D eigenvalue weighted by atomic mass is 19.4. The fraction of sp³-hybridized carbons (Fsp3) is 0.269. The molecule has 4 rings (SSSR count). The lowest BCUT2D eigenvalue weighted by molar-refractivity contribution is -0.286. The van der Waals surface area contributed by atoms with E-state index < -0.39 is 31.0 Å². The molecule has 10 nitrogen and oxygen atoms in total. The van der Waals surface area contributed by atoms with E-state index in [1.54, 1.807) is 42.6 Å². The van der Waals surface area contributed by atoms with Crippen LogP contribution in [0.15, 0.2) is 60.8 Å². The highest BCUT2D eigenvalue weighted by molar-refractivity contribution is 6.08. The SMILES string of the molecule is O=C(Nc1ccc2c(c1)OC(F)(F)O2)c1ccccc1NCc1ccnc(NCCOCCOC(=O)C(F)(F)F)c1. The first-order valence-electron chi connectivity index (χ1n) is 12.0. The number of anilines is 3. The van der Waals surface area contributed by atoms with Crippen molar-refractivity contribution in [3.8, 4) is 11.5 Å². The van der Waals surface area contributed by atoms with Crippen molar-refractivity contribution in [3.05, 3.63) is 71.9 Å². The highest BCUT2D eigenvalue weighted by Crippen LogP contribution is 2.42. The number of aromatic nitrogens is 1. The Balaban J connectivity index is 1.25. The molecule has 3 N–H and O–H groups in total. The van der Waals surface area contributed by atoms with Gasteiger partial charge in [-0.05, 0) is 42.0 Å². The lowest BCUT2D eigenvalue weighted by Crippen LogP contribution is -2.27. The van der Waals surface area contributed by atoms with Crippen molar-refractivity contribution in [2.75, 3.05) is 42.3 Å². The zero-order valence-corrected chi connectivity index (χ0v) is 21.1. The summed E-state index contributed by atoms with van der Waals surface area (Å²) in [5.74, 6) is -2.57. The first-order chi connectivity index (χ1) is 19.5.